The predicted molar refractivity (Wildman–Crippen MR) is 81.1 cm³/mol. The van der Waals surface area contributed by atoms with Crippen molar-refractivity contribution in [1.29, 1.82) is 0 Å². The van der Waals surface area contributed by atoms with Crippen molar-refractivity contribution in [2.24, 2.45) is 0 Å². The number of rotatable bonds is 6. The summed E-state index contributed by atoms with van der Waals surface area (Å²) >= 11 is 0. The smallest absolute Gasteiger partial charge is 0.203 e. The normalized spacial score (nSPS) is 12.9. The van der Waals surface area contributed by atoms with E-state index in [1.165, 1.54) is 5.56 Å². The lowest BCUT2D eigenvalue weighted by Gasteiger charge is -2.07. The van der Waals surface area contributed by atoms with E-state index in [2.05, 4.69) is 24.3 Å². The van der Waals surface area contributed by atoms with Gasteiger partial charge in [-0.1, -0.05) is 30.3 Å². The molecule has 3 heteroatoms. The molecule has 21 heavy (non-hydrogen) atoms. The largest absolute Gasteiger partial charge is 0.493 e. The van der Waals surface area contributed by atoms with Crippen LogP contribution in [0.15, 0.2) is 48.5 Å². The maximum Gasteiger partial charge on any atom is 0.203 e. The average Bonchev–Trinajstić information content (AvgIpc) is 2.89. The molecule has 0 fully saturated rings. The van der Waals surface area contributed by atoms with Gasteiger partial charge in [0.15, 0.2) is 6.61 Å². The number of ketones is 1. The van der Waals surface area contributed by atoms with Crippen molar-refractivity contribution in [3.63, 3.8) is 0 Å². The topological polar surface area (TPSA) is 35.5 Å². The molecule has 0 unspecified atom stereocenters. The quantitative estimate of drug-likeness (QED) is 0.758. The number of carbonyl (C=O) groups is 1. The highest BCUT2D eigenvalue weighted by Crippen LogP contribution is 2.29. The van der Waals surface area contributed by atoms with Crippen LogP contribution >= 0.6 is 0 Å². The van der Waals surface area contributed by atoms with E-state index in [4.69, 9.17) is 9.47 Å². The van der Waals surface area contributed by atoms with Crippen LogP contribution in [0.4, 0.5) is 0 Å². The molecule has 0 spiro atoms. The summed E-state index contributed by atoms with van der Waals surface area (Å²) in [4.78, 5) is 11.4. The zero-order valence-electron chi connectivity index (χ0n) is 11.9. The molecule has 0 aromatic heterocycles. The number of aryl methyl sites for hydroxylation is 1. The fourth-order valence-corrected chi connectivity index (χ4v) is 2.43. The molecule has 3 nitrogen and oxygen atoms in total. The highest BCUT2D eigenvalue weighted by Gasteiger charge is 2.21. The minimum atomic E-state index is 0.0411. The summed E-state index contributed by atoms with van der Waals surface area (Å²) in [6.07, 6.45) is 3.18. The summed E-state index contributed by atoms with van der Waals surface area (Å²) in [7, 11) is 0. The Balaban J connectivity index is 1.43. The Labute approximate surface area is 124 Å². The SMILES string of the molecule is O=C1COc2cc(OCCCCc3ccccc3)ccc21. The predicted octanol–water partition coefficient (Wildman–Crippen LogP) is 3.66. The summed E-state index contributed by atoms with van der Waals surface area (Å²) in [5, 5.41) is 0. The molecule has 1 aliphatic rings. The van der Waals surface area contributed by atoms with Crippen LogP contribution in [-0.4, -0.2) is 19.0 Å². The lowest BCUT2D eigenvalue weighted by atomic mass is 10.1. The van der Waals surface area contributed by atoms with Crippen molar-refractivity contribution in [3.05, 3.63) is 59.7 Å². The minimum absolute atomic E-state index is 0.0411. The summed E-state index contributed by atoms with van der Waals surface area (Å²) in [6.45, 7) is 0.829. The van der Waals surface area contributed by atoms with Crippen LogP contribution in [-0.2, 0) is 6.42 Å². The van der Waals surface area contributed by atoms with Gasteiger partial charge in [0.05, 0.1) is 12.2 Å². The van der Waals surface area contributed by atoms with E-state index in [0.29, 0.717) is 17.9 Å². The summed E-state index contributed by atoms with van der Waals surface area (Å²) in [5.74, 6) is 1.45. The molecule has 2 aromatic rings. The van der Waals surface area contributed by atoms with Gasteiger partial charge in [0.25, 0.3) is 0 Å². The second kappa shape index (κ2) is 6.44. The second-order valence-electron chi connectivity index (χ2n) is 5.16. The standard InChI is InChI=1S/C18H18O3/c19-17-13-21-18-12-15(9-10-16(17)18)20-11-5-4-8-14-6-2-1-3-7-14/h1-3,6-7,9-10,12H,4-5,8,11,13H2. The Morgan fingerprint density at radius 1 is 1.05 bits per heavy atom. The summed E-state index contributed by atoms with van der Waals surface area (Å²) < 4.78 is 11.0. The average molecular weight is 282 g/mol. The molecule has 0 atom stereocenters. The van der Waals surface area contributed by atoms with Crippen LogP contribution in [0.3, 0.4) is 0 Å². The third-order valence-corrected chi connectivity index (χ3v) is 3.58. The molecule has 1 heterocycles. The molecule has 2 aromatic carbocycles. The second-order valence-corrected chi connectivity index (χ2v) is 5.16. The number of Topliss-reactive ketones (excluding diaryl/α,β-unsaturated/α-hetero) is 1. The first-order chi connectivity index (χ1) is 10.3. The molecule has 0 amide bonds. The molecule has 0 saturated heterocycles. The first-order valence-corrected chi connectivity index (χ1v) is 7.30. The van der Waals surface area contributed by atoms with Gasteiger partial charge in [0.1, 0.15) is 11.5 Å². The highest BCUT2D eigenvalue weighted by molar-refractivity contribution is 6.02. The summed E-state index contributed by atoms with van der Waals surface area (Å²) in [6, 6.07) is 15.9. The maximum atomic E-state index is 11.4. The van der Waals surface area contributed by atoms with Gasteiger partial charge in [-0.25, -0.2) is 0 Å². The molecule has 0 aliphatic carbocycles. The van der Waals surface area contributed by atoms with E-state index in [1.54, 1.807) is 12.1 Å². The first-order valence-electron chi connectivity index (χ1n) is 7.30. The van der Waals surface area contributed by atoms with Gasteiger partial charge in [-0.3, -0.25) is 4.79 Å². The maximum absolute atomic E-state index is 11.4. The number of benzene rings is 2. The van der Waals surface area contributed by atoms with E-state index in [1.807, 2.05) is 12.1 Å². The molecule has 0 radical (unpaired) electrons. The molecule has 1 aliphatic heterocycles. The number of carbonyl (C=O) groups excluding carboxylic acids is 1. The number of unbranched alkanes of at least 4 members (excludes halogenated alkanes) is 1. The zero-order valence-corrected chi connectivity index (χ0v) is 11.9. The van der Waals surface area contributed by atoms with E-state index in [9.17, 15) is 4.79 Å². The van der Waals surface area contributed by atoms with Crippen LogP contribution in [0, 0.1) is 0 Å². The van der Waals surface area contributed by atoms with Crippen molar-refractivity contribution in [3.8, 4) is 11.5 Å². The van der Waals surface area contributed by atoms with Crippen molar-refractivity contribution >= 4 is 5.78 Å². The molecule has 0 bridgehead atoms. The van der Waals surface area contributed by atoms with Gasteiger partial charge in [0.2, 0.25) is 5.78 Å². The van der Waals surface area contributed by atoms with Crippen molar-refractivity contribution in [2.45, 2.75) is 19.3 Å². The zero-order chi connectivity index (χ0) is 14.5. The van der Waals surface area contributed by atoms with Gasteiger partial charge < -0.3 is 9.47 Å². The van der Waals surface area contributed by atoms with Crippen molar-refractivity contribution in [2.75, 3.05) is 13.2 Å². The Bertz CT molecular complexity index is 620. The van der Waals surface area contributed by atoms with Gasteiger partial charge >= 0.3 is 0 Å². The first kappa shape index (κ1) is 13.7. The fourth-order valence-electron chi connectivity index (χ4n) is 2.43. The van der Waals surface area contributed by atoms with Crippen molar-refractivity contribution in [1.82, 2.24) is 0 Å². The number of fused-ring (bicyclic) bond motifs is 1. The number of hydrogen-bond acceptors (Lipinski definition) is 3. The Morgan fingerprint density at radius 3 is 2.76 bits per heavy atom. The van der Waals surface area contributed by atoms with Crippen LogP contribution in [0.2, 0.25) is 0 Å². The monoisotopic (exact) mass is 282 g/mol. The van der Waals surface area contributed by atoms with Gasteiger partial charge in [-0.2, -0.15) is 0 Å². The Hall–Kier alpha value is -2.29. The highest BCUT2D eigenvalue weighted by atomic mass is 16.5. The van der Waals surface area contributed by atoms with Crippen molar-refractivity contribution < 1.29 is 14.3 Å². The summed E-state index contributed by atoms with van der Waals surface area (Å²) in [5.41, 5.74) is 2.02. The van der Waals surface area contributed by atoms with Crippen LogP contribution < -0.4 is 9.47 Å². The fraction of sp³-hybridized carbons (Fsp3) is 0.278. The van der Waals surface area contributed by atoms with Crippen LogP contribution in [0.25, 0.3) is 0 Å². The van der Waals surface area contributed by atoms with E-state index >= 15 is 0 Å². The third-order valence-electron chi connectivity index (χ3n) is 3.58. The molecule has 0 saturated carbocycles. The molecular weight excluding hydrogens is 264 g/mol. The van der Waals surface area contributed by atoms with Crippen LogP contribution in [0.1, 0.15) is 28.8 Å². The van der Waals surface area contributed by atoms with Gasteiger partial charge in [-0.05, 0) is 37.0 Å². The van der Waals surface area contributed by atoms with Gasteiger partial charge in [0, 0.05) is 6.07 Å². The third kappa shape index (κ3) is 3.43. The van der Waals surface area contributed by atoms with Gasteiger partial charge in [-0.15, -0.1) is 0 Å². The Kier molecular flexibility index (Phi) is 4.20. The molecule has 108 valence electrons. The lowest BCUT2D eigenvalue weighted by molar-refractivity contribution is 0.0961. The molecular formula is C18H18O3. The van der Waals surface area contributed by atoms with E-state index in [-0.39, 0.29) is 12.4 Å². The Morgan fingerprint density at radius 2 is 1.90 bits per heavy atom. The number of ether oxygens (including phenoxy) is 2. The van der Waals surface area contributed by atoms with Crippen LogP contribution in [0.5, 0.6) is 11.5 Å². The minimum Gasteiger partial charge on any atom is -0.493 e. The molecule has 0 N–H and O–H groups in total. The lowest BCUT2D eigenvalue weighted by Crippen LogP contribution is -1.99. The van der Waals surface area contributed by atoms with E-state index < -0.39 is 0 Å². The molecule has 3 rings (SSSR count). The number of hydrogen-bond donors (Lipinski definition) is 0. The van der Waals surface area contributed by atoms with E-state index in [0.717, 1.165) is 25.0 Å².